The second kappa shape index (κ2) is 4.24. The quantitative estimate of drug-likeness (QED) is 0.508. The van der Waals surface area contributed by atoms with Crippen LogP contribution in [0.4, 0.5) is 0 Å². The van der Waals surface area contributed by atoms with Crippen molar-refractivity contribution in [3.8, 4) is 0 Å². The number of esters is 1. The second-order valence-corrected chi connectivity index (χ2v) is 2.11. The SMILES string of the molecule is COC(=O)[C@@H](CN)[C@@H](C)O. The van der Waals surface area contributed by atoms with Gasteiger partial charge in [-0.1, -0.05) is 0 Å². The molecular formula is C6H13NO3. The average Bonchev–Trinajstić information content (AvgIpc) is 1.88. The van der Waals surface area contributed by atoms with Crippen LogP contribution in [0.15, 0.2) is 0 Å². The third-order valence-electron chi connectivity index (χ3n) is 1.34. The Balaban J connectivity index is 3.93. The Morgan fingerprint density at radius 3 is 2.40 bits per heavy atom. The highest BCUT2D eigenvalue weighted by Crippen LogP contribution is 2.02. The van der Waals surface area contributed by atoms with Crippen LogP contribution in [0.1, 0.15) is 6.92 Å². The van der Waals surface area contributed by atoms with Gasteiger partial charge in [0.05, 0.1) is 19.1 Å². The van der Waals surface area contributed by atoms with Crippen LogP contribution in [-0.4, -0.2) is 30.8 Å². The van der Waals surface area contributed by atoms with Crippen molar-refractivity contribution in [1.29, 1.82) is 0 Å². The number of hydrogen-bond acceptors (Lipinski definition) is 4. The van der Waals surface area contributed by atoms with Crippen molar-refractivity contribution < 1.29 is 14.6 Å². The normalized spacial score (nSPS) is 16.0. The van der Waals surface area contributed by atoms with Crippen LogP contribution in [0.25, 0.3) is 0 Å². The summed E-state index contributed by atoms with van der Waals surface area (Å²) in [5.74, 6) is -1.05. The number of carbonyl (C=O) groups excluding carboxylic acids is 1. The van der Waals surface area contributed by atoms with Gasteiger partial charge >= 0.3 is 5.97 Å². The summed E-state index contributed by atoms with van der Waals surface area (Å²) in [6, 6.07) is 0. The van der Waals surface area contributed by atoms with Crippen LogP contribution >= 0.6 is 0 Å². The number of methoxy groups -OCH3 is 1. The van der Waals surface area contributed by atoms with Gasteiger partial charge in [0.25, 0.3) is 0 Å². The highest BCUT2D eigenvalue weighted by molar-refractivity contribution is 5.73. The lowest BCUT2D eigenvalue weighted by atomic mass is 10.1. The predicted molar refractivity (Wildman–Crippen MR) is 36.2 cm³/mol. The molecule has 0 heterocycles. The van der Waals surface area contributed by atoms with Crippen molar-refractivity contribution in [2.24, 2.45) is 11.7 Å². The minimum atomic E-state index is -0.738. The number of ether oxygens (including phenoxy) is 1. The van der Waals surface area contributed by atoms with Gasteiger partial charge in [0.1, 0.15) is 0 Å². The van der Waals surface area contributed by atoms with E-state index in [1.807, 2.05) is 0 Å². The average molecular weight is 147 g/mol. The molecule has 0 spiro atoms. The van der Waals surface area contributed by atoms with Gasteiger partial charge in [-0.25, -0.2) is 0 Å². The van der Waals surface area contributed by atoms with E-state index in [-0.39, 0.29) is 6.54 Å². The van der Waals surface area contributed by atoms with Crippen molar-refractivity contribution in [3.05, 3.63) is 0 Å². The molecule has 0 rings (SSSR count). The van der Waals surface area contributed by atoms with Gasteiger partial charge in [0, 0.05) is 6.54 Å². The van der Waals surface area contributed by atoms with Gasteiger partial charge in [-0.15, -0.1) is 0 Å². The van der Waals surface area contributed by atoms with Crippen LogP contribution in [0.3, 0.4) is 0 Å². The van der Waals surface area contributed by atoms with Crippen molar-refractivity contribution in [3.63, 3.8) is 0 Å². The van der Waals surface area contributed by atoms with E-state index in [2.05, 4.69) is 4.74 Å². The summed E-state index contributed by atoms with van der Waals surface area (Å²) in [5.41, 5.74) is 5.19. The molecule has 0 aromatic heterocycles. The molecule has 4 heteroatoms. The highest BCUT2D eigenvalue weighted by Gasteiger charge is 2.22. The second-order valence-electron chi connectivity index (χ2n) is 2.11. The molecule has 0 aliphatic rings. The number of nitrogens with two attached hydrogens (primary N) is 1. The molecule has 0 aliphatic carbocycles. The van der Waals surface area contributed by atoms with Gasteiger partial charge < -0.3 is 15.6 Å². The molecular weight excluding hydrogens is 134 g/mol. The Morgan fingerprint density at radius 2 is 2.30 bits per heavy atom. The zero-order chi connectivity index (χ0) is 8.15. The molecule has 10 heavy (non-hydrogen) atoms. The largest absolute Gasteiger partial charge is 0.469 e. The van der Waals surface area contributed by atoms with Crippen LogP contribution in [0.2, 0.25) is 0 Å². The van der Waals surface area contributed by atoms with Crippen LogP contribution in [0, 0.1) is 5.92 Å². The molecule has 0 saturated carbocycles. The summed E-state index contributed by atoms with van der Waals surface area (Å²) in [5, 5.41) is 8.93. The minimum Gasteiger partial charge on any atom is -0.469 e. The minimum absolute atomic E-state index is 0.115. The molecule has 0 aromatic rings. The lowest BCUT2D eigenvalue weighted by molar-refractivity contribution is -0.148. The third kappa shape index (κ3) is 2.33. The van der Waals surface area contributed by atoms with E-state index < -0.39 is 18.0 Å². The number of rotatable bonds is 3. The zero-order valence-corrected chi connectivity index (χ0v) is 6.20. The monoisotopic (exact) mass is 147 g/mol. The van der Waals surface area contributed by atoms with Crippen molar-refractivity contribution >= 4 is 5.97 Å². The number of aliphatic hydroxyl groups is 1. The standard InChI is InChI=1S/C6H13NO3/c1-4(8)5(3-7)6(9)10-2/h4-5,8H,3,7H2,1-2H3/t4-,5+/m1/s1. The van der Waals surface area contributed by atoms with Gasteiger partial charge in [-0.3, -0.25) is 4.79 Å². The maximum absolute atomic E-state index is 10.7. The van der Waals surface area contributed by atoms with E-state index in [9.17, 15) is 4.79 Å². The molecule has 4 nitrogen and oxygen atoms in total. The van der Waals surface area contributed by atoms with Crippen molar-refractivity contribution in [1.82, 2.24) is 0 Å². The lowest BCUT2D eigenvalue weighted by Gasteiger charge is -2.14. The Morgan fingerprint density at radius 1 is 1.80 bits per heavy atom. The Kier molecular flexibility index (Phi) is 3.99. The number of hydrogen-bond donors (Lipinski definition) is 2. The molecule has 0 unspecified atom stereocenters. The number of aliphatic hydroxyl groups excluding tert-OH is 1. The Bertz CT molecular complexity index is 114. The van der Waals surface area contributed by atoms with Gasteiger partial charge in [-0.05, 0) is 6.92 Å². The Labute approximate surface area is 60.0 Å². The summed E-state index contributed by atoms with van der Waals surface area (Å²) in [4.78, 5) is 10.7. The first-order valence-electron chi connectivity index (χ1n) is 3.09. The van der Waals surface area contributed by atoms with E-state index in [1.54, 1.807) is 0 Å². The Hall–Kier alpha value is -0.610. The maximum Gasteiger partial charge on any atom is 0.312 e. The topological polar surface area (TPSA) is 72.5 Å². The van der Waals surface area contributed by atoms with E-state index in [4.69, 9.17) is 10.8 Å². The first-order chi connectivity index (χ1) is 4.63. The lowest BCUT2D eigenvalue weighted by Crippen LogP contribution is -2.33. The first kappa shape index (κ1) is 9.39. The molecule has 0 saturated heterocycles. The first-order valence-corrected chi connectivity index (χ1v) is 3.09. The molecule has 0 aromatic carbocycles. The van der Waals surface area contributed by atoms with E-state index in [0.717, 1.165) is 0 Å². The summed E-state index contributed by atoms with van der Waals surface area (Å²) in [6.45, 7) is 1.62. The smallest absolute Gasteiger partial charge is 0.312 e. The maximum atomic E-state index is 10.7. The van der Waals surface area contributed by atoms with Crippen LogP contribution in [0.5, 0.6) is 0 Å². The van der Waals surface area contributed by atoms with Crippen molar-refractivity contribution in [2.45, 2.75) is 13.0 Å². The summed E-state index contributed by atoms with van der Waals surface area (Å²) in [6.07, 6.45) is -0.738. The van der Waals surface area contributed by atoms with Crippen LogP contribution in [-0.2, 0) is 9.53 Å². The van der Waals surface area contributed by atoms with Gasteiger partial charge in [0.15, 0.2) is 0 Å². The fourth-order valence-electron chi connectivity index (χ4n) is 0.641. The molecule has 2 atom stereocenters. The fraction of sp³-hybridized carbons (Fsp3) is 0.833. The predicted octanol–water partition coefficient (Wildman–Crippen LogP) is -0.885. The van der Waals surface area contributed by atoms with E-state index in [0.29, 0.717) is 0 Å². The molecule has 3 N–H and O–H groups in total. The summed E-state index contributed by atoms with van der Waals surface area (Å²) < 4.78 is 4.39. The molecule has 60 valence electrons. The molecule has 0 amide bonds. The van der Waals surface area contributed by atoms with Gasteiger partial charge in [0.2, 0.25) is 0 Å². The fourth-order valence-corrected chi connectivity index (χ4v) is 0.641. The summed E-state index contributed by atoms with van der Waals surface area (Å²) in [7, 11) is 1.27. The highest BCUT2D eigenvalue weighted by atomic mass is 16.5. The van der Waals surface area contributed by atoms with Crippen LogP contribution < -0.4 is 5.73 Å². The molecule has 0 fully saturated rings. The molecule has 0 radical (unpaired) electrons. The molecule has 0 aliphatic heterocycles. The molecule has 0 bridgehead atoms. The summed E-state index contributed by atoms with van der Waals surface area (Å²) >= 11 is 0. The van der Waals surface area contributed by atoms with Crippen molar-refractivity contribution in [2.75, 3.05) is 13.7 Å². The third-order valence-corrected chi connectivity index (χ3v) is 1.34. The number of carbonyl (C=O) groups is 1. The van der Waals surface area contributed by atoms with E-state index >= 15 is 0 Å². The van der Waals surface area contributed by atoms with E-state index in [1.165, 1.54) is 14.0 Å². The van der Waals surface area contributed by atoms with Gasteiger partial charge in [-0.2, -0.15) is 0 Å². The zero-order valence-electron chi connectivity index (χ0n) is 6.20.